The van der Waals surface area contributed by atoms with Gasteiger partial charge in [0.25, 0.3) is 0 Å². The minimum atomic E-state index is -7.87. The normalized spacial score (nSPS) is 23.4. The Morgan fingerprint density at radius 1 is 0.679 bits per heavy atom. The van der Waals surface area contributed by atoms with Gasteiger partial charge in [0.05, 0.1) is 6.10 Å². The average molecular weight is 446 g/mol. The molecule has 0 amide bonds. The molecule has 1 rings (SSSR count). The van der Waals surface area contributed by atoms with Crippen molar-refractivity contribution in [3.63, 3.8) is 0 Å². The van der Waals surface area contributed by atoms with Crippen LogP contribution in [-0.2, 0) is 4.74 Å². The van der Waals surface area contributed by atoms with Crippen LogP contribution in [0.15, 0.2) is 0 Å². The van der Waals surface area contributed by atoms with E-state index in [1.807, 2.05) is 0 Å². The van der Waals surface area contributed by atoms with Gasteiger partial charge in [0.2, 0.25) is 0 Å². The Bertz CT molecular complexity index is 540. The van der Waals surface area contributed by atoms with Crippen molar-refractivity contribution in [1.29, 1.82) is 0 Å². The number of halogens is 13. The first-order valence-corrected chi connectivity index (χ1v) is 7.83. The second kappa shape index (κ2) is 7.38. The van der Waals surface area contributed by atoms with E-state index in [-0.39, 0.29) is 18.8 Å². The lowest BCUT2D eigenvalue weighted by Gasteiger charge is -2.39. The summed E-state index contributed by atoms with van der Waals surface area (Å²) in [6.45, 7) is -0.858. The molecule has 1 aliphatic carbocycles. The van der Waals surface area contributed by atoms with Crippen LogP contribution < -0.4 is 0 Å². The van der Waals surface area contributed by atoms with E-state index >= 15 is 0 Å². The van der Waals surface area contributed by atoms with Gasteiger partial charge >= 0.3 is 35.8 Å². The molecule has 0 aromatic rings. The zero-order valence-electron chi connectivity index (χ0n) is 14.0. The second-order valence-corrected chi connectivity index (χ2v) is 6.52. The number of ether oxygens (including phenoxy) is 1. The van der Waals surface area contributed by atoms with Crippen LogP contribution in [0, 0.1) is 5.92 Å². The van der Waals surface area contributed by atoms with Gasteiger partial charge in [-0.2, -0.15) is 57.1 Å². The highest BCUT2D eigenvalue weighted by Gasteiger charge is 2.90. The fraction of sp³-hybridized carbons (Fsp3) is 1.00. The Balaban J connectivity index is 3.09. The second-order valence-electron chi connectivity index (χ2n) is 6.52. The van der Waals surface area contributed by atoms with E-state index in [0.29, 0.717) is 12.8 Å². The van der Waals surface area contributed by atoms with Crippen LogP contribution in [0.3, 0.4) is 0 Å². The molecular weight excluding hydrogens is 431 g/mol. The molecule has 0 aromatic heterocycles. The first-order valence-electron chi connectivity index (χ1n) is 7.83. The lowest BCUT2D eigenvalue weighted by Crippen LogP contribution is -2.70. The van der Waals surface area contributed by atoms with E-state index in [4.69, 9.17) is 0 Å². The van der Waals surface area contributed by atoms with Crippen LogP contribution in [0.4, 0.5) is 57.1 Å². The molecule has 0 N–H and O–H groups in total. The Morgan fingerprint density at radius 3 is 1.54 bits per heavy atom. The number of hydrogen-bond acceptors (Lipinski definition) is 1. The molecule has 1 saturated carbocycles. The van der Waals surface area contributed by atoms with Crippen molar-refractivity contribution in [3.8, 4) is 0 Å². The lowest BCUT2D eigenvalue weighted by molar-refractivity contribution is -0.441. The van der Waals surface area contributed by atoms with Crippen LogP contribution in [0.25, 0.3) is 0 Å². The first-order chi connectivity index (χ1) is 12.3. The summed E-state index contributed by atoms with van der Waals surface area (Å²) in [5, 5.41) is 0. The molecule has 14 heteroatoms. The van der Waals surface area contributed by atoms with Crippen molar-refractivity contribution in [3.05, 3.63) is 0 Å². The maximum absolute atomic E-state index is 13.5. The summed E-state index contributed by atoms with van der Waals surface area (Å²) in [5.74, 6) is -36.8. The van der Waals surface area contributed by atoms with Gasteiger partial charge in [-0.3, -0.25) is 0 Å². The quantitative estimate of drug-likeness (QED) is 0.397. The summed E-state index contributed by atoms with van der Waals surface area (Å²) >= 11 is 0. The molecule has 0 saturated heterocycles. The molecule has 0 radical (unpaired) electrons. The third kappa shape index (κ3) is 3.89. The standard InChI is InChI=1S/C14H15F13O/c1-2-7-3-4-8(5-7)28-6-9(15,16)10(17,18)11(19,20)12(21,22)13(23,24)14(25,26)27/h7-8H,2-6H2,1H3. The fourth-order valence-electron chi connectivity index (χ4n) is 2.67. The van der Waals surface area contributed by atoms with Gasteiger partial charge < -0.3 is 4.74 Å². The summed E-state index contributed by atoms with van der Waals surface area (Å²) in [5.41, 5.74) is 0. The molecule has 0 bridgehead atoms. The van der Waals surface area contributed by atoms with Crippen LogP contribution in [0.1, 0.15) is 32.6 Å². The van der Waals surface area contributed by atoms with E-state index < -0.39 is 48.5 Å². The fourth-order valence-corrected chi connectivity index (χ4v) is 2.67. The summed E-state index contributed by atoms with van der Waals surface area (Å²) in [4.78, 5) is 0. The van der Waals surface area contributed by atoms with E-state index in [1.165, 1.54) is 0 Å². The van der Waals surface area contributed by atoms with Crippen molar-refractivity contribution in [2.24, 2.45) is 5.92 Å². The summed E-state index contributed by atoms with van der Waals surface area (Å²) in [6.07, 6.45) is -7.37. The van der Waals surface area contributed by atoms with Crippen molar-refractivity contribution < 1.29 is 61.8 Å². The predicted molar refractivity (Wildman–Crippen MR) is 68.2 cm³/mol. The average Bonchev–Trinajstić information content (AvgIpc) is 2.99. The van der Waals surface area contributed by atoms with Gasteiger partial charge in [-0.15, -0.1) is 0 Å². The van der Waals surface area contributed by atoms with Gasteiger partial charge in [0, 0.05) is 0 Å². The van der Waals surface area contributed by atoms with Gasteiger partial charge in [-0.25, -0.2) is 0 Å². The number of rotatable bonds is 8. The Morgan fingerprint density at radius 2 is 1.14 bits per heavy atom. The van der Waals surface area contributed by atoms with Gasteiger partial charge in [-0.05, 0) is 25.2 Å². The molecule has 0 heterocycles. The first kappa shape index (κ1) is 25.1. The molecule has 1 nitrogen and oxygen atoms in total. The number of alkyl halides is 13. The minimum Gasteiger partial charge on any atom is -0.372 e. The van der Waals surface area contributed by atoms with E-state index in [0.717, 1.165) is 0 Å². The Kier molecular flexibility index (Phi) is 6.62. The molecule has 28 heavy (non-hydrogen) atoms. The summed E-state index contributed by atoms with van der Waals surface area (Å²) < 4.78 is 172. The summed E-state index contributed by atoms with van der Waals surface area (Å²) in [6, 6.07) is 0. The molecule has 0 spiro atoms. The minimum absolute atomic E-state index is 0.0459. The zero-order valence-corrected chi connectivity index (χ0v) is 14.0. The molecule has 1 aliphatic rings. The van der Waals surface area contributed by atoms with Gasteiger partial charge in [0.15, 0.2) is 0 Å². The van der Waals surface area contributed by atoms with Crippen molar-refractivity contribution in [2.45, 2.75) is 74.5 Å². The van der Waals surface area contributed by atoms with Crippen LogP contribution in [0.5, 0.6) is 0 Å². The highest BCUT2D eigenvalue weighted by molar-refractivity contribution is 5.10. The van der Waals surface area contributed by atoms with Crippen molar-refractivity contribution in [2.75, 3.05) is 6.61 Å². The van der Waals surface area contributed by atoms with Gasteiger partial charge in [-0.1, -0.05) is 13.3 Å². The van der Waals surface area contributed by atoms with Crippen LogP contribution in [-0.4, -0.2) is 48.5 Å². The van der Waals surface area contributed by atoms with Crippen LogP contribution in [0.2, 0.25) is 0 Å². The Labute approximate surface area is 150 Å². The molecule has 1 fully saturated rings. The number of hydrogen-bond donors (Lipinski definition) is 0. The van der Waals surface area contributed by atoms with Crippen molar-refractivity contribution in [1.82, 2.24) is 0 Å². The topological polar surface area (TPSA) is 9.23 Å². The molecule has 0 aliphatic heterocycles. The van der Waals surface area contributed by atoms with Crippen LogP contribution >= 0.6 is 0 Å². The zero-order chi connectivity index (χ0) is 22.4. The maximum atomic E-state index is 13.5. The van der Waals surface area contributed by atoms with Crippen molar-refractivity contribution >= 4 is 0 Å². The smallest absolute Gasteiger partial charge is 0.372 e. The van der Waals surface area contributed by atoms with E-state index in [9.17, 15) is 57.1 Å². The summed E-state index contributed by atoms with van der Waals surface area (Å²) in [7, 11) is 0. The molecule has 2 unspecified atom stereocenters. The predicted octanol–water partition coefficient (Wildman–Crippen LogP) is 6.32. The SMILES string of the molecule is CCC1CCC(OCC(F)(F)C(F)(F)C(F)(F)C(F)(F)C(F)(F)C(F)(F)F)C1. The monoisotopic (exact) mass is 446 g/mol. The Hall–Kier alpha value is -0.950. The third-order valence-electron chi connectivity index (χ3n) is 4.57. The third-order valence-corrected chi connectivity index (χ3v) is 4.57. The highest BCUT2D eigenvalue weighted by Crippen LogP contribution is 2.60. The highest BCUT2D eigenvalue weighted by atomic mass is 19.4. The molecular formula is C14H15F13O. The largest absolute Gasteiger partial charge is 0.460 e. The van der Waals surface area contributed by atoms with E-state index in [1.54, 1.807) is 6.92 Å². The molecule has 2 atom stereocenters. The lowest BCUT2D eigenvalue weighted by atomic mass is 9.94. The molecule has 168 valence electrons. The van der Waals surface area contributed by atoms with Gasteiger partial charge in [0.1, 0.15) is 6.61 Å². The molecule has 0 aromatic carbocycles. The maximum Gasteiger partial charge on any atom is 0.460 e. The van der Waals surface area contributed by atoms with E-state index in [2.05, 4.69) is 4.74 Å².